The molecule has 52 heavy (non-hydrogen) atoms. The normalized spacial score (nSPS) is 22.0. The predicted octanol–water partition coefficient (Wildman–Crippen LogP) is 11.3. The van der Waals surface area contributed by atoms with Gasteiger partial charge in [-0.1, -0.05) is 230 Å². The minimum Gasteiger partial charge on any atom is -0.0787 e. The van der Waals surface area contributed by atoms with Crippen LogP contribution in [0.4, 0.5) is 0 Å². The van der Waals surface area contributed by atoms with Crippen LogP contribution in [0, 0.1) is 0 Å². The van der Waals surface area contributed by atoms with Gasteiger partial charge in [-0.25, -0.2) is 0 Å². The molecule has 0 spiro atoms. The summed E-state index contributed by atoms with van der Waals surface area (Å²) in [6.07, 6.45) is 19.2. The van der Waals surface area contributed by atoms with Crippen molar-refractivity contribution in [2.75, 3.05) is 0 Å². The van der Waals surface area contributed by atoms with Crippen molar-refractivity contribution in [3.8, 4) is 0 Å². The van der Waals surface area contributed by atoms with Crippen LogP contribution in [-0.2, 0) is 0 Å². The Morgan fingerprint density at radius 3 is 0.788 bits per heavy atom. The van der Waals surface area contributed by atoms with E-state index in [4.69, 9.17) is 0 Å². The van der Waals surface area contributed by atoms with Crippen molar-refractivity contribution in [2.45, 2.75) is 35.3 Å². The molecule has 0 bridgehead atoms. The number of hydrogen-bond acceptors (Lipinski definition) is 0. The van der Waals surface area contributed by atoms with Crippen LogP contribution in [0.15, 0.2) is 182 Å². The molecule has 6 aromatic rings. The molecule has 6 aromatic carbocycles. The smallest absolute Gasteiger partial charge is 0.0787 e. The second-order valence-corrected chi connectivity index (χ2v) is 23.9. The van der Waals surface area contributed by atoms with Gasteiger partial charge in [0.25, 0.3) is 0 Å². The minimum atomic E-state index is -1.94. The van der Waals surface area contributed by atoms with Crippen molar-refractivity contribution in [1.29, 1.82) is 0 Å². The van der Waals surface area contributed by atoms with E-state index in [0.29, 0.717) is 22.2 Å². The second kappa shape index (κ2) is 13.4. The molecule has 0 aliphatic heterocycles. The molecule has 0 N–H and O–H groups in total. The largest absolute Gasteiger partial charge is 0.106 e. The first kappa shape index (κ1) is 32.6. The predicted molar refractivity (Wildman–Crippen MR) is 228 cm³/mol. The molecule has 2 heteroatoms. The lowest BCUT2D eigenvalue weighted by Gasteiger charge is -2.39. The van der Waals surface area contributed by atoms with Crippen LogP contribution < -0.4 is 10.4 Å². The Hall–Kier alpha value is -5.29. The van der Waals surface area contributed by atoms with E-state index < -0.39 is 16.1 Å². The van der Waals surface area contributed by atoms with Crippen molar-refractivity contribution in [3.63, 3.8) is 0 Å². The monoisotopic (exact) mass is 700 g/mol. The average Bonchev–Trinajstić information content (AvgIpc) is 4.03. The molecular formula is C50H44Si2. The lowest BCUT2D eigenvalue weighted by molar-refractivity contribution is 1.06. The van der Waals surface area contributed by atoms with Gasteiger partial charge in [0.15, 0.2) is 0 Å². The number of hydrogen-bond donors (Lipinski definition) is 0. The van der Waals surface area contributed by atoms with Crippen LogP contribution in [0.1, 0.15) is 66.7 Å². The van der Waals surface area contributed by atoms with E-state index in [2.05, 4.69) is 219 Å². The quantitative estimate of drug-likeness (QED) is 0.152. The molecule has 0 saturated carbocycles. The Labute approximate surface area is 311 Å². The number of rotatable bonds is 6. The van der Waals surface area contributed by atoms with Gasteiger partial charge in [0.05, 0.1) is 0 Å². The third-order valence-electron chi connectivity index (χ3n) is 12.6. The van der Waals surface area contributed by atoms with E-state index in [1.807, 2.05) is 0 Å². The molecule has 252 valence electrons. The summed E-state index contributed by atoms with van der Waals surface area (Å²) in [5, 5.41) is 3.08. The molecule has 0 aromatic heterocycles. The van der Waals surface area contributed by atoms with Gasteiger partial charge in [0.2, 0.25) is 0 Å². The number of benzene rings is 6. The Kier molecular flexibility index (Phi) is 8.38. The fourth-order valence-electron chi connectivity index (χ4n) is 9.79. The maximum absolute atomic E-state index is 2.58. The fraction of sp³-hybridized carbons (Fsp3) is 0.120. The van der Waals surface area contributed by atoms with Gasteiger partial charge in [-0.2, -0.15) is 0 Å². The summed E-state index contributed by atoms with van der Waals surface area (Å²) in [5.74, 6) is 0. The van der Waals surface area contributed by atoms with E-state index in [1.165, 1.54) is 54.9 Å². The van der Waals surface area contributed by atoms with Gasteiger partial charge in [0.1, 0.15) is 16.1 Å². The van der Waals surface area contributed by atoms with Crippen LogP contribution >= 0.6 is 0 Å². The van der Waals surface area contributed by atoms with Crippen LogP contribution in [0.2, 0.25) is 13.1 Å². The molecule has 0 fully saturated rings. The molecule has 0 heterocycles. The molecule has 0 saturated heterocycles. The lowest BCUT2D eigenvalue weighted by atomic mass is 10.1. The Bertz CT molecular complexity index is 2070. The van der Waals surface area contributed by atoms with Crippen LogP contribution in [0.5, 0.6) is 0 Å². The molecule has 10 rings (SSSR count). The zero-order chi connectivity index (χ0) is 35.1. The first-order valence-corrected chi connectivity index (χ1v) is 24.1. The molecular weight excluding hydrogens is 657 g/mol. The molecule has 0 amide bonds. The van der Waals surface area contributed by atoms with Gasteiger partial charge in [0, 0.05) is 22.2 Å². The highest BCUT2D eigenvalue weighted by Crippen LogP contribution is 2.48. The fourth-order valence-corrected chi connectivity index (χ4v) is 19.4. The van der Waals surface area contributed by atoms with Crippen LogP contribution in [0.25, 0.3) is 24.3 Å². The Morgan fingerprint density at radius 2 is 0.519 bits per heavy atom. The molecule has 4 unspecified atom stereocenters. The topological polar surface area (TPSA) is 0 Å². The van der Waals surface area contributed by atoms with E-state index in [9.17, 15) is 0 Å². The molecule has 4 aliphatic rings. The van der Waals surface area contributed by atoms with Gasteiger partial charge in [-0.3, -0.25) is 0 Å². The average molecular weight is 701 g/mol. The maximum atomic E-state index is 2.58. The maximum Gasteiger partial charge on any atom is 0.106 e. The summed E-state index contributed by atoms with van der Waals surface area (Å²) in [4.78, 5) is 0. The van der Waals surface area contributed by atoms with Crippen LogP contribution in [0.3, 0.4) is 0 Å². The zero-order valence-electron chi connectivity index (χ0n) is 29.9. The zero-order valence-corrected chi connectivity index (χ0v) is 31.9. The summed E-state index contributed by atoms with van der Waals surface area (Å²) in [6.45, 7) is 5.16. The third kappa shape index (κ3) is 5.32. The standard InChI is InChI=1S/2C25H22Si/c2*1-26(21-11-3-2-4-12-21,24-17-15-19-9-5-7-13-22(19)24)25-18-16-20-10-6-8-14-23(20)25/h2*2-18,24-25H,1H3. The van der Waals surface area contributed by atoms with Gasteiger partial charge in [-0.05, 0) is 44.5 Å². The van der Waals surface area contributed by atoms with Crippen molar-refractivity contribution in [2.24, 2.45) is 0 Å². The van der Waals surface area contributed by atoms with Gasteiger partial charge < -0.3 is 0 Å². The van der Waals surface area contributed by atoms with Crippen molar-refractivity contribution >= 4 is 50.8 Å². The number of allylic oxidation sites excluding steroid dienone is 4. The van der Waals surface area contributed by atoms with Crippen molar-refractivity contribution in [3.05, 3.63) is 227 Å². The highest BCUT2D eigenvalue weighted by Gasteiger charge is 2.48. The van der Waals surface area contributed by atoms with Crippen molar-refractivity contribution < 1.29 is 0 Å². The van der Waals surface area contributed by atoms with E-state index >= 15 is 0 Å². The summed E-state index contributed by atoms with van der Waals surface area (Å²) >= 11 is 0. The number of fused-ring (bicyclic) bond motifs is 4. The van der Waals surface area contributed by atoms with E-state index in [0.717, 1.165) is 0 Å². The minimum absolute atomic E-state index is 0.502. The lowest BCUT2D eigenvalue weighted by Crippen LogP contribution is -2.54. The summed E-state index contributed by atoms with van der Waals surface area (Å²) in [6, 6.07) is 58.2. The van der Waals surface area contributed by atoms with Crippen molar-refractivity contribution in [1.82, 2.24) is 0 Å². The van der Waals surface area contributed by atoms with Gasteiger partial charge >= 0.3 is 0 Å². The highest BCUT2D eigenvalue weighted by molar-refractivity contribution is 6.94. The summed E-state index contributed by atoms with van der Waals surface area (Å²) in [7, 11) is -3.87. The molecule has 4 atom stereocenters. The third-order valence-corrected chi connectivity index (χ3v) is 22.9. The summed E-state index contributed by atoms with van der Waals surface area (Å²) < 4.78 is 0. The summed E-state index contributed by atoms with van der Waals surface area (Å²) in [5.41, 5.74) is 13.6. The first-order chi connectivity index (χ1) is 25.6. The van der Waals surface area contributed by atoms with E-state index in [1.54, 1.807) is 0 Å². The SMILES string of the molecule is C[Si](c1ccccc1)(C1C=Cc2ccccc21)C1C=Cc2ccccc21.C[Si](c1ccccc1)(C1C=Cc2ccccc21)C1C=Cc2ccccc21. The second-order valence-electron chi connectivity index (χ2n) is 15.2. The molecule has 0 radical (unpaired) electrons. The van der Waals surface area contributed by atoms with Crippen LogP contribution in [-0.4, -0.2) is 16.1 Å². The molecule has 4 aliphatic carbocycles. The molecule has 0 nitrogen and oxygen atoms in total. The highest BCUT2D eigenvalue weighted by atomic mass is 28.3. The Balaban J connectivity index is 0.000000138. The van der Waals surface area contributed by atoms with Gasteiger partial charge in [-0.15, -0.1) is 0 Å². The van der Waals surface area contributed by atoms with E-state index in [-0.39, 0.29) is 0 Å². The Morgan fingerprint density at radius 1 is 0.288 bits per heavy atom. The first-order valence-electron chi connectivity index (χ1n) is 18.8.